The van der Waals surface area contributed by atoms with E-state index in [1.54, 1.807) is 12.1 Å². The van der Waals surface area contributed by atoms with E-state index in [2.05, 4.69) is 5.32 Å². The molecule has 3 N–H and O–H groups in total. The number of hydrogen-bond donors (Lipinski definition) is 2. The summed E-state index contributed by atoms with van der Waals surface area (Å²) in [5, 5.41) is 7.58. The van der Waals surface area contributed by atoms with Crippen molar-refractivity contribution in [3.05, 3.63) is 65.2 Å². The number of carbonyl (C=O) groups is 1. The highest BCUT2D eigenvalue weighted by Gasteiger charge is 2.30. The number of benzene rings is 2. The van der Waals surface area contributed by atoms with Gasteiger partial charge in [-0.15, -0.1) is 0 Å². The number of alkyl halides is 3. The number of primary sulfonamides is 1. The molecule has 134 valence electrons. The van der Waals surface area contributed by atoms with Gasteiger partial charge in [-0.1, -0.05) is 12.1 Å². The molecule has 5 nitrogen and oxygen atoms in total. The number of hydrogen-bond acceptors (Lipinski definition) is 3. The van der Waals surface area contributed by atoms with E-state index in [1.807, 2.05) is 0 Å². The predicted molar refractivity (Wildman–Crippen MR) is 85.3 cm³/mol. The van der Waals surface area contributed by atoms with Crippen LogP contribution >= 0.6 is 0 Å². The second kappa shape index (κ2) is 7.24. The standard InChI is InChI=1S/C16H15F3N2O3S/c17-16(18,19)13-5-3-12(4-6-13)15(22)21-10-9-11-1-7-14(8-2-11)25(20,23)24/h1-8H,9-10H2,(H,21,22)(H2,20,23,24). The smallest absolute Gasteiger partial charge is 0.352 e. The first-order chi connectivity index (χ1) is 11.6. The Hall–Kier alpha value is -2.39. The summed E-state index contributed by atoms with van der Waals surface area (Å²) in [7, 11) is -3.75. The molecule has 9 heteroatoms. The molecule has 25 heavy (non-hydrogen) atoms. The predicted octanol–water partition coefficient (Wildman–Crippen LogP) is 2.33. The van der Waals surface area contributed by atoms with Crippen molar-refractivity contribution in [2.75, 3.05) is 6.54 Å². The number of sulfonamides is 1. The third-order valence-electron chi connectivity index (χ3n) is 3.43. The van der Waals surface area contributed by atoms with Gasteiger partial charge in [0.15, 0.2) is 0 Å². The highest BCUT2D eigenvalue weighted by molar-refractivity contribution is 7.89. The van der Waals surface area contributed by atoms with Crippen LogP contribution in [0.2, 0.25) is 0 Å². The summed E-state index contributed by atoms with van der Waals surface area (Å²) in [5.41, 5.74) is 0.0803. The summed E-state index contributed by atoms with van der Waals surface area (Å²) >= 11 is 0. The molecule has 0 bridgehead atoms. The van der Waals surface area contributed by atoms with Crippen LogP contribution in [0.1, 0.15) is 21.5 Å². The van der Waals surface area contributed by atoms with Gasteiger partial charge in [-0.05, 0) is 48.4 Å². The molecule has 0 spiro atoms. The summed E-state index contributed by atoms with van der Waals surface area (Å²) in [6.07, 6.45) is -4.02. The summed E-state index contributed by atoms with van der Waals surface area (Å²) in [5.74, 6) is -0.491. The van der Waals surface area contributed by atoms with Crippen molar-refractivity contribution in [1.82, 2.24) is 5.32 Å². The van der Waals surface area contributed by atoms with Crippen LogP contribution in [0, 0.1) is 0 Å². The van der Waals surface area contributed by atoms with Gasteiger partial charge in [0, 0.05) is 12.1 Å². The van der Waals surface area contributed by atoms with Gasteiger partial charge in [-0.25, -0.2) is 13.6 Å². The van der Waals surface area contributed by atoms with Gasteiger partial charge in [0.05, 0.1) is 10.5 Å². The van der Waals surface area contributed by atoms with Crippen molar-refractivity contribution >= 4 is 15.9 Å². The van der Waals surface area contributed by atoms with Crippen molar-refractivity contribution < 1.29 is 26.4 Å². The number of rotatable bonds is 5. The van der Waals surface area contributed by atoms with Crippen molar-refractivity contribution in [2.45, 2.75) is 17.5 Å². The molecule has 0 aliphatic heterocycles. The maximum absolute atomic E-state index is 12.5. The molecule has 1 amide bonds. The Morgan fingerprint density at radius 1 is 1.00 bits per heavy atom. The number of amides is 1. The maximum Gasteiger partial charge on any atom is 0.416 e. The third-order valence-corrected chi connectivity index (χ3v) is 4.35. The average molecular weight is 372 g/mol. The van der Waals surface area contributed by atoms with Gasteiger partial charge in [0.25, 0.3) is 5.91 Å². The van der Waals surface area contributed by atoms with Crippen LogP contribution in [0.4, 0.5) is 13.2 Å². The molecule has 0 saturated heterocycles. The highest BCUT2D eigenvalue weighted by atomic mass is 32.2. The van der Waals surface area contributed by atoms with Crippen LogP contribution in [0.15, 0.2) is 53.4 Å². The molecule has 2 aromatic rings. The van der Waals surface area contributed by atoms with Crippen molar-refractivity contribution in [1.29, 1.82) is 0 Å². The lowest BCUT2D eigenvalue weighted by molar-refractivity contribution is -0.137. The molecule has 0 fully saturated rings. The molecule has 0 atom stereocenters. The molecule has 0 saturated carbocycles. The first-order valence-electron chi connectivity index (χ1n) is 7.14. The quantitative estimate of drug-likeness (QED) is 0.844. The number of halogens is 3. The fraction of sp³-hybridized carbons (Fsp3) is 0.188. The molecule has 0 aromatic heterocycles. The van der Waals surface area contributed by atoms with Crippen molar-refractivity contribution in [3.63, 3.8) is 0 Å². The van der Waals surface area contributed by atoms with E-state index in [0.717, 1.165) is 29.8 Å². The van der Waals surface area contributed by atoms with Gasteiger partial charge >= 0.3 is 6.18 Å². The first-order valence-corrected chi connectivity index (χ1v) is 8.69. The number of carbonyl (C=O) groups excluding carboxylic acids is 1. The molecular formula is C16H15F3N2O3S. The molecule has 0 aliphatic rings. The lowest BCUT2D eigenvalue weighted by atomic mass is 10.1. The van der Waals surface area contributed by atoms with E-state index in [-0.39, 0.29) is 17.0 Å². The van der Waals surface area contributed by atoms with Gasteiger partial charge in [0.1, 0.15) is 0 Å². The normalized spacial score (nSPS) is 12.0. The van der Waals surface area contributed by atoms with Crippen LogP contribution in [0.3, 0.4) is 0 Å². The molecule has 2 aromatic carbocycles. The maximum atomic E-state index is 12.5. The summed E-state index contributed by atoms with van der Waals surface area (Å²) in [6.45, 7) is 0.245. The largest absolute Gasteiger partial charge is 0.416 e. The minimum absolute atomic E-state index is 0.00922. The minimum atomic E-state index is -4.45. The van der Waals surface area contributed by atoms with Crippen molar-refractivity contribution in [2.24, 2.45) is 5.14 Å². The van der Waals surface area contributed by atoms with E-state index >= 15 is 0 Å². The molecule has 0 radical (unpaired) electrons. The molecule has 0 unspecified atom stereocenters. The fourth-order valence-corrected chi connectivity index (χ4v) is 2.59. The van der Waals surface area contributed by atoms with E-state index in [4.69, 9.17) is 5.14 Å². The first kappa shape index (κ1) is 18.9. The second-order valence-electron chi connectivity index (χ2n) is 5.27. The Labute approximate surface area is 142 Å². The van der Waals surface area contributed by atoms with E-state index in [1.165, 1.54) is 12.1 Å². The average Bonchev–Trinajstić information content (AvgIpc) is 2.54. The van der Waals surface area contributed by atoms with Crippen LogP contribution in [0.5, 0.6) is 0 Å². The summed E-state index contributed by atoms with van der Waals surface area (Å²) in [6, 6.07) is 9.79. The van der Waals surface area contributed by atoms with Crippen molar-refractivity contribution in [3.8, 4) is 0 Å². The lowest BCUT2D eigenvalue weighted by Gasteiger charge is -2.08. The van der Waals surface area contributed by atoms with Gasteiger partial charge in [0.2, 0.25) is 10.0 Å². The Balaban J connectivity index is 1.90. The van der Waals surface area contributed by atoms with E-state index < -0.39 is 27.7 Å². The van der Waals surface area contributed by atoms with E-state index in [0.29, 0.717) is 6.42 Å². The van der Waals surface area contributed by atoms with Gasteiger partial charge < -0.3 is 5.32 Å². The Bertz CT molecular complexity index is 846. The Morgan fingerprint density at radius 3 is 2.04 bits per heavy atom. The SMILES string of the molecule is NS(=O)(=O)c1ccc(CCNC(=O)c2ccc(C(F)(F)F)cc2)cc1. The minimum Gasteiger partial charge on any atom is -0.352 e. The Kier molecular flexibility index (Phi) is 5.48. The molecule has 0 heterocycles. The third kappa shape index (κ3) is 5.30. The summed E-state index contributed by atoms with van der Waals surface area (Å²) in [4.78, 5) is 11.9. The lowest BCUT2D eigenvalue weighted by Crippen LogP contribution is -2.25. The van der Waals surface area contributed by atoms with Crippen LogP contribution < -0.4 is 10.5 Å². The molecule has 0 aliphatic carbocycles. The van der Waals surface area contributed by atoms with Crippen LogP contribution in [-0.2, 0) is 22.6 Å². The zero-order valence-electron chi connectivity index (χ0n) is 12.9. The Morgan fingerprint density at radius 2 is 1.56 bits per heavy atom. The fourth-order valence-electron chi connectivity index (χ4n) is 2.08. The van der Waals surface area contributed by atoms with Gasteiger partial charge in [-0.3, -0.25) is 4.79 Å². The van der Waals surface area contributed by atoms with E-state index in [9.17, 15) is 26.4 Å². The van der Waals surface area contributed by atoms with Crippen LogP contribution in [0.25, 0.3) is 0 Å². The zero-order valence-corrected chi connectivity index (χ0v) is 13.7. The second-order valence-corrected chi connectivity index (χ2v) is 6.83. The topological polar surface area (TPSA) is 89.3 Å². The molecular weight excluding hydrogens is 357 g/mol. The molecule has 2 rings (SSSR count). The van der Waals surface area contributed by atoms with Crippen LogP contribution in [-0.4, -0.2) is 20.9 Å². The van der Waals surface area contributed by atoms with Gasteiger partial charge in [-0.2, -0.15) is 13.2 Å². The number of nitrogens with one attached hydrogen (secondary N) is 1. The zero-order chi connectivity index (χ0) is 18.7. The number of nitrogens with two attached hydrogens (primary N) is 1. The monoisotopic (exact) mass is 372 g/mol. The highest BCUT2D eigenvalue weighted by Crippen LogP contribution is 2.29. The summed E-state index contributed by atoms with van der Waals surface area (Å²) < 4.78 is 59.7.